The second-order valence-corrected chi connectivity index (χ2v) is 13.3. The van der Waals surface area contributed by atoms with Crippen LogP contribution in [0.15, 0.2) is 108 Å². The van der Waals surface area contributed by atoms with E-state index in [1.165, 1.54) is 31.3 Å². The van der Waals surface area contributed by atoms with Crippen LogP contribution in [0.25, 0.3) is 0 Å². The fourth-order valence-corrected chi connectivity index (χ4v) is 6.53. The van der Waals surface area contributed by atoms with Crippen molar-refractivity contribution >= 4 is 27.5 Å². The predicted molar refractivity (Wildman–Crippen MR) is 184 cm³/mol. The summed E-state index contributed by atoms with van der Waals surface area (Å²) in [5.41, 5.74) is 2.92. The molecule has 9 nitrogen and oxygen atoms in total. The number of aryl methyl sites for hydroxylation is 1. The van der Waals surface area contributed by atoms with Crippen molar-refractivity contribution in [2.45, 2.75) is 57.1 Å². The summed E-state index contributed by atoms with van der Waals surface area (Å²) in [4.78, 5) is 30.1. The number of para-hydroxylation sites is 2. The largest absolute Gasteiger partial charge is 0.497 e. The van der Waals surface area contributed by atoms with Gasteiger partial charge in [0.25, 0.3) is 10.0 Å². The third-order valence-corrected chi connectivity index (χ3v) is 9.80. The second-order valence-electron chi connectivity index (χ2n) is 11.4. The number of nitrogens with zero attached hydrogens (tertiary/aromatic N) is 2. The van der Waals surface area contributed by atoms with E-state index in [0.29, 0.717) is 12.2 Å². The number of hydrogen-bond acceptors (Lipinski definition) is 6. The number of anilines is 1. The lowest BCUT2D eigenvalue weighted by molar-refractivity contribution is -0.140. The van der Waals surface area contributed by atoms with Gasteiger partial charge >= 0.3 is 0 Å². The van der Waals surface area contributed by atoms with Crippen molar-refractivity contribution in [3.63, 3.8) is 0 Å². The Bertz CT molecular complexity index is 1730. The van der Waals surface area contributed by atoms with Crippen LogP contribution in [-0.2, 0) is 32.6 Å². The normalized spacial score (nSPS) is 12.4. The van der Waals surface area contributed by atoms with Crippen LogP contribution in [0.3, 0.4) is 0 Å². The molecule has 0 bridgehead atoms. The second kappa shape index (κ2) is 16.1. The summed E-state index contributed by atoms with van der Waals surface area (Å²) in [5.74, 6) is -0.0960. The maximum Gasteiger partial charge on any atom is 0.264 e. The van der Waals surface area contributed by atoms with Crippen LogP contribution in [-0.4, -0.2) is 58.0 Å². The number of amides is 2. The quantitative estimate of drug-likeness (QED) is 0.174. The molecule has 0 heterocycles. The van der Waals surface area contributed by atoms with Crippen molar-refractivity contribution in [2.24, 2.45) is 0 Å². The van der Waals surface area contributed by atoms with E-state index in [-0.39, 0.29) is 41.2 Å². The number of hydrogen-bond donors (Lipinski definition) is 1. The molecular formula is C37H43N3O6S. The molecule has 248 valence electrons. The molecule has 2 atom stereocenters. The third-order valence-electron chi connectivity index (χ3n) is 8.03. The van der Waals surface area contributed by atoms with Crippen LogP contribution in [0.1, 0.15) is 37.0 Å². The van der Waals surface area contributed by atoms with Crippen molar-refractivity contribution in [1.82, 2.24) is 10.2 Å². The average Bonchev–Trinajstić information content (AvgIpc) is 3.09. The van der Waals surface area contributed by atoms with Gasteiger partial charge in [-0.2, -0.15) is 0 Å². The van der Waals surface area contributed by atoms with Crippen LogP contribution >= 0.6 is 0 Å². The van der Waals surface area contributed by atoms with E-state index in [9.17, 15) is 18.0 Å². The molecule has 0 aromatic heterocycles. The first-order chi connectivity index (χ1) is 22.6. The molecule has 0 spiro atoms. The molecule has 2 amide bonds. The summed E-state index contributed by atoms with van der Waals surface area (Å²) in [7, 11) is -1.36. The molecule has 0 saturated heterocycles. The molecule has 0 aliphatic carbocycles. The van der Waals surface area contributed by atoms with Crippen molar-refractivity contribution in [2.75, 3.05) is 25.1 Å². The highest BCUT2D eigenvalue weighted by Crippen LogP contribution is 2.33. The van der Waals surface area contributed by atoms with Gasteiger partial charge in [-0.15, -0.1) is 0 Å². The van der Waals surface area contributed by atoms with Gasteiger partial charge in [-0.3, -0.25) is 13.9 Å². The van der Waals surface area contributed by atoms with Gasteiger partial charge in [0.2, 0.25) is 11.8 Å². The van der Waals surface area contributed by atoms with Gasteiger partial charge in [0, 0.05) is 19.0 Å². The summed E-state index contributed by atoms with van der Waals surface area (Å²) in [6.07, 6.45) is 0.942. The lowest BCUT2D eigenvalue weighted by Gasteiger charge is -2.34. The molecule has 1 N–H and O–H groups in total. The number of carbonyl (C=O) groups is 2. The summed E-state index contributed by atoms with van der Waals surface area (Å²) < 4.78 is 40.4. The van der Waals surface area contributed by atoms with Crippen molar-refractivity contribution in [3.8, 4) is 11.5 Å². The number of carbonyl (C=O) groups excluding carboxylic acids is 2. The molecule has 0 saturated carbocycles. The van der Waals surface area contributed by atoms with E-state index in [4.69, 9.17) is 9.47 Å². The van der Waals surface area contributed by atoms with Crippen LogP contribution in [0.4, 0.5) is 5.69 Å². The van der Waals surface area contributed by atoms with Crippen LogP contribution < -0.4 is 19.1 Å². The lowest BCUT2D eigenvalue weighted by atomic mass is 10.0. The van der Waals surface area contributed by atoms with E-state index < -0.39 is 28.5 Å². The molecule has 10 heteroatoms. The van der Waals surface area contributed by atoms with Crippen molar-refractivity contribution in [3.05, 3.63) is 120 Å². The number of methoxy groups -OCH3 is 2. The highest BCUT2D eigenvalue weighted by Gasteiger charge is 2.35. The molecule has 0 aliphatic heterocycles. The Morgan fingerprint density at radius 1 is 0.809 bits per heavy atom. The van der Waals surface area contributed by atoms with Crippen LogP contribution in [0.2, 0.25) is 0 Å². The van der Waals surface area contributed by atoms with E-state index in [0.717, 1.165) is 21.0 Å². The number of sulfonamides is 1. The van der Waals surface area contributed by atoms with Gasteiger partial charge in [-0.05, 0) is 67.8 Å². The first-order valence-electron chi connectivity index (χ1n) is 15.6. The van der Waals surface area contributed by atoms with E-state index in [2.05, 4.69) is 5.32 Å². The monoisotopic (exact) mass is 657 g/mol. The summed E-state index contributed by atoms with van der Waals surface area (Å²) in [5, 5.41) is 3.05. The average molecular weight is 658 g/mol. The zero-order chi connectivity index (χ0) is 34.0. The summed E-state index contributed by atoms with van der Waals surface area (Å²) in [6.45, 7) is 5.37. The zero-order valence-corrected chi connectivity index (χ0v) is 28.4. The first-order valence-corrected chi connectivity index (χ1v) is 17.0. The summed E-state index contributed by atoms with van der Waals surface area (Å²) >= 11 is 0. The van der Waals surface area contributed by atoms with Gasteiger partial charge in [0.1, 0.15) is 24.1 Å². The van der Waals surface area contributed by atoms with Crippen molar-refractivity contribution < 1.29 is 27.5 Å². The minimum Gasteiger partial charge on any atom is -0.497 e. The van der Waals surface area contributed by atoms with E-state index in [1.54, 1.807) is 36.4 Å². The SMILES string of the molecule is CC[C@@H](C)NC(=O)[C@@H](Cc1ccccc1)N(Cc1ccc(C)cc1)C(=O)CN(c1ccccc1OC)S(=O)(=O)c1ccc(OC)cc1. The Hall–Kier alpha value is -4.83. The molecule has 0 fully saturated rings. The predicted octanol–water partition coefficient (Wildman–Crippen LogP) is 5.76. The van der Waals surface area contributed by atoms with Gasteiger partial charge in [-0.25, -0.2) is 8.42 Å². The molecule has 0 radical (unpaired) electrons. The number of rotatable bonds is 15. The van der Waals surface area contributed by atoms with E-state index >= 15 is 0 Å². The smallest absolute Gasteiger partial charge is 0.264 e. The Balaban J connectivity index is 1.83. The highest BCUT2D eigenvalue weighted by molar-refractivity contribution is 7.92. The molecule has 47 heavy (non-hydrogen) atoms. The van der Waals surface area contributed by atoms with Crippen molar-refractivity contribution in [1.29, 1.82) is 0 Å². The molecule has 4 aromatic rings. The topological polar surface area (TPSA) is 105 Å². The summed E-state index contributed by atoms with van der Waals surface area (Å²) in [6, 6.07) is 28.7. The molecule has 4 aromatic carbocycles. The minimum absolute atomic E-state index is 0.0301. The number of ether oxygens (including phenoxy) is 2. The third kappa shape index (κ3) is 8.92. The number of benzene rings is 4. The van der Waals surface area contributed by atoms with Gasteiger partial charge < -0.3 is 19.7 Å². The molecule has 4 rings (SSSR count). The molecular weight excluding hydrogens is 614 g/mol. The Morgan fingerprint density at radius 3 is 2.06 bits per heavy atom. The highest BCUT2D eigenvalue weighted by atomic mass is 32.2. The molecule has 0 aliphatic rings. The maximum atomic E-state index is 14.6. The number of nitrogens with one attached hydrogen (secondary N) is 1. The lowest BCUT2D eigenvalue weighted by Crippen LogP contribution is -2.54. The minimum atomic E-state index is -4.30. The fourth-order valence-electron chi connectivity index (χ4n) is 5.11. The van der Waals surface area contributed by atoms with Crippen LogP contribution in [0, 0.1) is 6.92 Å². The Labute approximate surface area is 278 Å². The standard InChI is InChI=1S/C37H43N3O6S/c1-6-28(3)38-37(42)34(24-29-12-8-7-9-13-29)39(25-30-18-16-27(2)17-19-30)36(41)26-40(33-14-10-11-15-35(33)46-5)47(43,44)32-22-20-31(45-4)21-23-32/h7-23,28,34H,6,24-26H2,1-5H3,(H,38,42)/t28-,34-/m1/s1. The first kappa shape index (κ1) is 35.0. The van der Waals surface area contributed by atoms with E-state index in [1.807, 2.05) is 75.4 Å². The van der Waals surface area contributed by atoms with Gasteiger partial charge in [0.15, 0.2) is 0 Å². The molecule has 0 unspecified atom stereocenters. The van der Waals surface area contributed by atoms with Gasteiger partial charge in [-0.1, -0.05) is 79.2 Å². The zero-order valence-electron chi connectivity index (χ0n) is 27.6. The fraction of sp³-hybridized carbons (Fsp3) is 0.297. The Morgan fingerprint density at radius 2 is 1.45 bits per heavy atom. The van der Waals surface area contributed by atoms with Gasteiger partial charge in [0.05, 0.1) is 24.8 Å². The Kier molecular flexibility index (Phi) is 12.0. The maximum absolute atomic E-state index is 14.6. The van der Waals surface area contributed by atoms with Crippen LogP contribution in [0.5, 0.6) is 11.5 Å².